The number of para-hydroxylation sites is 2. The van der Waals surface area contributed by atoms with E-state index in [0.717, 1.165) is 10.4 Å². The zero-order chi connectivity index (χ0) is 16.5. The minimum atomic E-state index is 0.984. The molecule has 0 amide bonds. The van der Waals surface area contributed by atoms with Crippen molar-refractivity contribution in [2.24, 2.45) is 4.99 Å². The molecule has 0 aliphatic heterocycles. The third kappa shape index (κ3) is 2.68. The van der Waals surface area contributed by atoms with Crippen molar-refractivity contribution in [3.63, 3.8) is 0 Å². The fraction of sp³-hybridized carbons (Fsp3) is 0.0952. The largest absolute Gasteiger partial charge is 0.264 e. The van der Waals surface area contributed by atoms with Crippen molar-refractivity contribution < 1.29 is 0 Å². The molecule has 0 fully saturated rings. The van der Waals surface area contributed by atoms with E-state index in [9.17, 15) is 0 Å². The Morgan fingerprint density at radius 2 is 1.58 bits per heavy atom. The van der Waals surface area contributed by atoms with Gasteiger partial charge in [0.15, 0.2) is 0 Å². The number of hydrogen-bond donors (Lipinski definition) is 0. The average Bonchev–Trinajstić information content (AvgIpc) is 2.95. The second-order valence-corrected chi connectivity index (χ2v) is 6.88. The topological polar surface area (TPSA) is 17.3 Å². The molecule has 4 aromatic rings. The van der Waals surface area contributed by atoms with Gasteiger partial charge < -0.3 is 0 Å². The Labute approximate surface area is 145 Å². The molecule has 0 radical (unpaired) electrons. The lowest BCUT2D eigenvalue weighted by Crippen LogP contribution is -1.94. The van der Waals surface area contributed by atoms with Crippen LogP contribution in [0.5, 0.6) is 0 Å². The Balaban J connectivity index is 2.00. The van der Waals surface area contributed by atoms with Crippen molar-refractivity contribution in [3.8, 4) is 5.69 Å². The lowest BCUT2D eigenvalue weighted by Gasteiger charge is -2.08. The summed E-state index contributed by atoms with van der Waals surface area (Å²) in [5, 5.41) is 1.19. The first-order valence-electron chi connectivity index (χ1n) is 8.01. The van der Waals surface area contributed by atoms with Gasteiger partial charge in [0, 0.05) is 5.39 Å². The van der Waals surface area contributed by atoms with Crippen molar-refractivity contribution in [2.75, 3.05) is 0 Å². The third-order valence-corrected chi connectivity index (χ3v) is 5.15. The van der Waals surface area contributed by atoms with Crippen LogP contribution in [0, 0.1) is 13.8 Å². The van der Waals surface area contributed by atoms with E-state index >= 15 is 0 Å². The Bertz CT molecular complexity index is 1070. The first-order valence-corrected chi connectivity index (χ1v) is 8.78. The Morgan fingerprint density at radius 1 is 0.833 bits per heavy atom. The van der Waals surface area contributed by atoms with Crippen LogP contribution in [0.2, 0.25) is 0 Å². The van der Waals surface area contributed by atoms with Crippen LogP contribution in [0.15, 0.2) is 77.8 Å². The van der Waals surface area contributed by atoms with Gasteiger partial charge in [0.05, 0.1) is 16.9 Å². The number of fused-ring (bicyclic) bond motifs is 1. The fourth-order valence-electron chi connectivity index (χ4n) is 2.93. The van der Waals surface area contributed by atoms with E-state index in [0.29, 0.717) is 0 Å². The Hall–Kier alpha value is -2.65. The summed E-state index contributed by atoms with van der Waals surface area (Å²) in [7, 11) is 0. The molecule has 2 nitrogen and oxygen atoms in total. The van der Waals surface area contributed by atoms with Crippen LogP contribution >= 0.6 is 11.5 Å². The predicted molar refractivity (Wildman–Crippen MR) is 102 cm³/mol. The second kappa shape index (κ2) is 6.10. The highest BCUT2D eigenvalue weighted by molar-refractivity contribution is 7.05. The van der Waals surface area contributed by atoms with E-state index < -0.39 is 0 Å². The molecule has 0 unspecified atom stereocenters. The molecule has 0 aliphatic rings. The lowest BCUT2D eigenvalue weighted by molar-refractivity contribution is 1.20. The molecule has 1 aromatic heterocycles. The van der Waals surface area contributed by atoms with E-state index in [-0.39, 0.29) is 0 Å². The highest BCUT2D eigenvalue weighted by Gasteiger charge is 2.09. The summed E-state index contributed by atoms with van der Waals surface area (Å²) < 4.78 is 3.32. The van der Waals surface area contributed by atoms with Crippen molar-refractivity contribution >= 4 is 28.1 Å². The van der Waals surface area contributed by atoms with E-state index in [1.54, 1.807) is 11.5 Å². The van der Waals surface area contributed by atoms with Gasteiger partial charge in [0.25, 0.3) is 0 Å². The number of hydrogen-bond acceptors (Lipinski definition) is 2. The highest BCUT2D eigenvalue weighted by Crippen LogP contribution is 2.24. The molecule has 0 N–H and O–H groups in total. The first kappa shape index (κ1) is 14.9. The molecular formula is C21H18N2S. The van der Waals surface area contributed by atoms with Crippen LogP contribution in [-0.4, -0.2) is 3.96 Å². The molecule has 0 aliphatic carbocycles. The van der Waals surface area contributed by atoms with Crippen LogP contribution in [-0.2, 0) is 0 Å². The van der Waals surface area contributed by atoms with Gasteiger partial charge >= 0.3 is 0 Å². The number of aromatic nitrogens is 1. The lowest BCUT2D eigenvalue weighted by atomic mass is 10.1. The van der Waals surface area contributed by atoms with Crippen LogP contribution in [0.3, 0.4) is 0 Å². The summed E-state index contributed by atoms with van der Waals surface area (Å²) in [5.41, 5.74) is 5.96. The maximum absolute atomic E-state index is 4.86. The van der Waals surface area contributed by atoms with E-state index in [1.807, 2.05) is 30.3 Å². The maximum Gasteiger partial charge on any atom is 0.143 e. The van der Waals surface area contributed by atoms with Gasteiger partial charge in [-0.2, -0.15) is 0 Å². The molecular weight excluding hydrogens is 312 g/mol. The minimum absolute atomic E-state index is 0.984. The Kier molecular flexibility index (Phi) is 3.79. The predicted octanol–water partition coefficient (Wildman–Crippen LogP) is 5.54. The van der Waals surface area contributed by atoms with E-state index in [4.69, 9.17) is 4.99 Å². The van der Waals surface area contributed by atoms with Crippen LogP contribution < -0.4 is 4.67 Å². The van der Waals surface area contributed by atoms with Gasteiger partial charge in [-0.15, -0.1) is 0 Å². The summed E-state index contributed by atoms with van der Waals surface area (Å²) in [4.78, 5) is 4.86. The van der Waals surface area contributed by atoms with Gasteiger partial charge in [-0.1, -0.05) is 48.0 Å². The molecule has 0 saturated heterocycles. The molecule has 24 heavy (non-hydrogen) atoms. The van der Waals surface area contributed by atoms with E-state index in [1.165, 1.54) is 27.7 Å². The van der Waals surface area contributed by atoms with Gasteiger partial charge in [-0.05, 0) is 61.3 Å². The summed E-state index contributed by atoms with van der Waals surface area (Å²) in [6, 6.07) is 25.2. The molecule has 3 aromatic carbocycles. The zero-order valence-electron chi connectivity index (χ0n) is 13.7. The normalized spacial score (nSPS) is 12.0. The van der Waals surface area contributed by atoms with E-state index in [2.05, 4.69) is 60.3 Å². The average molecular weight is 330 g/mol. The number of benzene rings is 3. The molecule has 4 rings (SSSR count). The zero-order valence-corrected chi connectivity index (χ0v) is 14.5. The monoisotopic (exact) mass is 330 g/mol. The standard InChI is InChI=1S/C21H18N2S/c1-15-12-13-19(16(2)14-15)23-20-11-7-6-10-18(20)21(24-23)22-17-8-4-3-5-9-17/h3-14H,1-2H3. The van der Waals surface area contributed by atoms with Crippen molar-refractivity contribution in [3.05, 3.63) is 88.6 Å². The summed E-state index contributed by atoms with van der Waals surface area (Å²) in [5.74, 6) is 0. The second-order valence-electron chi connectivity index (χ2n) is 5.95. The van der Waals surface area contributed by atoms with Crippen LogP contribution in [0.1, 0.15) is 11.1 Å². The van der Waals surface area contributed by atoms with Crippen LogP contribution in [0.25, 0.3) is 16.6 Å². The smallest absolute Gasteiger partial charge is 0.143 e. The summed E-state index contributed by atoms with van der Waals surface area (Å²) >= 11 is 1.69. The van der Waals surface area contributed by atoms with Gasteiger partial charge in [0.2, 0.25) is 0 Å². The molecule has 0 bridgehead atoms. The minimum Gasteiger partial charge on any atom is -0.264 e. The van der Waals surface area contributed by atoms with Gasteiger partial charge in [0.1, 0.15) is 4.67 Å². The number of aryl methyl sites for hydroxylation is 2. The van der Waals surface area contributed by atoms with Crippen molar-refractivity contribution in [2.45, 2.75) is 13.8 Å². The van der Waals surface area contributed by atoms with Crippen LogP contribution in [0.4, 0.5) is 5.69 Å². The maximum atomic E-state index is 4.86. The first-order chi connectivity index (χ1) is 11.7. The molecule has 1 heterocycles. The third-order valence-electron chi connectivity index (χ3n) is 4.09. The fourth-order valence-corrected chi connectivity index (χ4v) is 4.08. The molecule has 118 valence electrons. The number of nitrogens with zero attached hydrogens (tertiary/aromatic N) is 2. The van der Waals surface area contributed by atoms with Crippen molar-refractivity contribution in [1.82, 2.24) is 3.96 Å². The Morgan fingerprint density at radius 3 is 2.38 bits per heavy atom. The van der Waals surface area contributed by atoms with Crippen molar-refractivity contribution in [1.29, 1.82) is 0 Å². The van der Waals surface area contributed by atoms with Gasteiger partial charge in [-0.3, -0.25) is 3.96 Å². The molecule has 0 spiro atoms. The molecule has 3 heteroatoms. The molecule has 0 saturated carbocycles. The summed E-state index contributed by atoms with van der Waals surface area (Å²) in [6.45, 7) is 4.29. The molecule has 0 atom stereocenters. The highest BCUT2D eigenvalue weighted by atomic mass is 32.1. The quantitative estimate of drug-likeness (QED) is 0.459. The summed E-state index contributed by atoms with van der Waals surface area (Å²) in [6.07, 6.45) is 0. The number of rotatable bonds is 2. The SMILES string of the molecule is Cc1ccc(-n2sc(=Nc3ccccc3)c3ccccc32)c(C)c1. The van der Waals surface area contributed by atoms with Gasteiger partial charge in [-0.25, -0.2) is 4.99 Å².